The molecule has 3 unspecified atom stereocenters. The van der Waals surface area contributed by atoms with Crippen molar-refractivity contribution in [2.45, 2.75) is 7.48 Å². The maximum Gasteiger partial charge on any atom is -1.00 e. The van der Waals surface area contributed by atoms with Crippen LogP contribution in [0.25, 0.3) is 6.08 Å². The van der Waals surface area contributed by atoms with Crippen molar-refractivity contribution in [3.05, 3.63) is 117 Å². The quantitative estimate of drug-likeness (QED) is 0.359. The van der Waals surface area contributed by atoms with Crippen molar-refractivity contribution in [2.24, 2.45) is 0 Å². The number of benzene rings is 2. The number of allylic oxidation sites excluding steroid dienone is 9. The molecule has 0 N–H and O–H groups in total. The summed E-state index contributed by atoms with van der Waals surface area (Å²) >= 11 is 6.64. The average molecular weight is 533 g/mol. The molecule has 3 aliphatic carbocycles. The van der Waals surface area contributed by atoms with Crippen LogP contribution in [0.15, 0.2) is 105 Å². The van der Waals surface area contributed by atoms with Crippen molar-refractivity contribution in [1.29, 1.82) is 0 Å². The van der Waals surface area contributed by atoms with Gasteiger partial charge in [0.2, 0.25) is 0 Å². The molecule has 6 rings (SSSR count). The summed E-state index contributed by atoms with van der Waals surface area (Å²) in [5.74, 6) is 0. The molecular formula is C24H16Cl3PZr. The molecule has 4 bridgehead atoms. The van der Waals surface area contributed by atoms with Crippen LogP contribution in [0, 0.1) is 0 Å². The largest absolute Gasteiger partial charge is 1.00 e. The Morgan fingerprint density at radius 3 is 2.41 bits per heavy atom. The molecule has 0 saturated carbocycles. The van der Waals surface area contributed by atoms with E-state index in [0.717, 1.165) is 0 Å². The van der Waals surface area contributed by atoms with Gasteiger partial charge in [0.25, 0.3) is 0 Å². The Morgan fingerprint density at radius 2 is 1.59 bits per heavy atom. The summed E-state index contributed by atoms with van der Waals surface area (Å²) in [4.78, 5) is 0. The topological polar surface area (TPSA) is 0 Å². The van der Waals surface area contributed by atoms with E-state index in [-0.39, 0.29) is 27.7 Å². The van der Waals surface area contributed by atoms with E-state index in [0.29, 0.717) is 0 Å². The molecule has 0 amide bonds. The fourth-order valence-electron chi connectivity index (χ4n) is 4.72. The fourth-order valence-corrected chi connectivity index (χ4v) is 16.8. The average Bonchev–Trinajstić information content (AvgIpc) is 3.25. The number of fused-ring (bicyclic) bond motifs is 2. The zero-order valence-electron chi connectivity index (χ0n) is 15.3. The van der Waals surface area contributed by atoms with Crippen molar-refractivity contribution in [2.75, 3.05) is 0 Å². The van der Waals surface area contributed by atoms with Gasteiger partial charge in [-0.2, -0.15) is 0 Å². The molecule has 29 heavy (non-hydrogen) atoms. The third-order valence-electron chi connectivity index (χ3n) is 5.85. The van der Waals surface area contributed by atoms with Gasteiger partial charge in [-0.3, -0.25) is 0 Å². The number of rotatable bonds is 1. The van der Waals surface area contributed by atoms with Gasteiger partial charge in [0, 0.05) is 0 Å². The molecule has 1 heterocycles. The summed E-state index contributed by atoms with van der Waals surface area (Å²) in [7, 11) is -0.684. The van der Waals surface area contributed by atoms with Gasteiger partial charge in [0.15, 0.2) is 0 Å². The van der Waals surface area contributed by atoms with Crippen LogP contribution in [-0.2, 0) is 26.1 Å². The van der Waals surface area contributed by atoms with Crippen molar-refractivity contribution in [1.82, 2.24) is 0 Å². The minimum absolute atomic E-state index is 0. The van der Waals surface area contributed by atoms with Gasteiger partial charge < -0.3 is 24.8 Å². The molecule has 1 fully saturated rings. The van der Waals surface area contributed by atoms with Crippen molar-refractivity contribution >= 4 is 30.9 Å². The first kappa shape index (κ1) is 21.6. The van der Waals surface area contributed by atoms with E-state index < -0.39 is 35.8 Å². The second kappa shape index (κ2) is 7.78. The maximum atomic E-state index is 7.63. The van der Waals surface area contributed by atoms with Gasteiger partial charge in [-0.1, -0.05) is 0 Å². The molecule has 1 saturated heterocycles. The van der Waals surface area contributed by atoms with Crippen LogP contribution in [0.5, 0.6) is 0 Å². The molecule has 2 aromatic rings. The molecule has 0 nitrogen and oxygen atoms in total. The molecule has 5 heteroatoms. The van der Waals surface area contributed by atoms with E-state index in [4.69, 9.17) is 11.6 Å². The van der Waals surface area contributed by atoms with Crippen molar-refractivity contribution in [3.8, 4) is 0 Å². The van der Waals surface area contributed by atoms with Crippen molar-refractivity contribution < 1.29 is 48.0 Å². The fraction of sp³-hybridized carbons (Fsp3) is 0.0833. The van der Waals surface area contributed by atoms with Crippen LogP contribution >= 0.6 is 19.5 Å². The third-order valence-corrected chi connectivity index (χ3v) is 15.7. The first-order chi connectivity index (χ1) is 13.2. The summed E-state index contributed by atoms with van der Waals surface area (Å²) in [6, 6.07) is 20.0. The van der Waals surface area contributed by atoms with E-state index in [9.17, 15) is 0 Å². The van der Waals surface area contributed by atoms with E-state index >= 15 is 0 Å². The molecule has 142 valence electrons. The zero-order chi connectivity index (χ0) is 18.1. The smallest absolute Gasteiger partial charge is 1.00 e. The SMILES string of the molecule is ClC12C=CC=C3[C](=CC=C31)[Zr+2][C]1(C=Cc3ccccc31)P2c1ccccc1.[Cl-].[Cl-]. The van der Waals surface area contributed by atoms with E-state index in [1.54, 1.807) is 3.28 Å². The van der Waals surface area contributed by atoms with Crippen LogP contribution in [0.4, 0.5) is 0 Å². The molecule has 0 radical (unpaired) electrons. The Morgan fingerprint density at radius 1 is 0.828 bits per heavy atom. The minimum atomic E-state index is -0.996. The van der Waals surface area contributed by atoms with Gasteiger partial charge in [0.05, 0.1) is 0 Å². The molecule has 1 spiro atoms. The standard InChI is InChI=1S/C24H16ClP.2ClH.Zr/c25-24(17-7-10-19-9-6-14-22(19)24)26(20-11-2-1-3-12-20)23-16-15-18-8-4-5-13-21(18)23;;;/h1-8,10-17H;2*1H;/q;;;+2/p-2. The number of alkyl halides is 1. The normalized spacial score (nSPS) is 29.3. The summed E-state index contributed by atoms with van der Waals surface area (Å²) in [5, 5.41) is 1.41. The number of hydrogen-bond acceptors (Lipinski definition) is 0. The summed E-state index contributed by atoms with van der Waals surface area (Å²) in [6.45, 7) is 0. The molecule has 2 aromatic carbocycles. The number of halogens is 3. The number of hydrogen-bond donors (Lipinski definition) is 0. The van der Waals surface area contributed by atoms with Gasteiger partial charge in [-0.25, -0.2) is 0 Å². The van der Waals surface area contributed by atoms with Crippen LogP contribution in [-0.4, -0.2) is 4.62 Å². The predicted molar refractivity (Wildman–Crippen MR) is 112 cm³/mol. The summed E-state index contributed by atoms with van der Waals surface area (Å²) < 4.78 is 1.23. The van der Waals surface area contributed by atoms with Gasteiger partial charge in [-0.15, -0.1) is 0 Å². The van der Waals surface area contributed by atoms with Crippen LogP contribution in [0.1, 0.15) is 11.1 Å². The molecule has 4 aliphatic rings. The second-order valence-corrected chi connectivity index (χ2v) is 15.6. The molecule has 3 atom stereocenters. The maximum absolute atomic E-state index is 7.63. The molecule has 0 aromatic heterocycles. The second-order valence-electron chi connectivity index (χ2n) is 7.26. The summed E-state index contributed by atoms with van der Waals surface area (Å²) in [6.07, 6.45) is 16.3. The Kier molecular flexibility index (Phi) is 5.78. The van der Waals surface area contributed by atoms with Crippen LogP contribution in [0.3, 0.4) is 0 Å². The van der Waals surface area contributed by atoms with Gasteiger partial charge >= 0.3 is 178 Å². The molecule has 1 aliphatic heterocycles. The summed E-state index contributed by atoms with van der Waals surface area (Å²) in [5.41, 5.74) is 5.62. The molecular weight excluding hydrogens is 517 g/mol. The van der Waals surface area contributed by atoms with Crippen molar-refractivity contribution in [3.63, 3.8) is 0 Å². The van der Waals surface area contributed by atoms with Crippen LogP contribution < -0.4 is 30.1 Å². The zero-order valence-corrected chi connectivity index (χ0v) is 20.9. The van der Waals surface area contributed by atoms with Crippen LogP contribution in [0.2, 0.25) is 0 Å². The first-order valence-electron chi connectivity index (χ1n) is 9.16. The van der Waals surface area contributed by atoms with E-state index in [1.807, 2.05) is 0 Å². The Hall–Kier alpha value is -0.677. The van der Waals surface area contributed by atoms with E-state index in [1.165, 1.54) is 27.6 Å². The van der Waals surface area contributed by atoms with E-state index in [2.05, 4.69) is 97.1 Å². The minimum Gasteiger partial charge on any atom is -1.00 e. The first-order valence-corrected chi connectivity index (χ1v) is 13.3. The van der Waals surface area contributed by atoms with Gasteiger partial charge in [-0.05, 0) is 0 Å². The Labute approximate surface area is 201 Å². The van der Waals surface area contributed by atoms with Gasteiger partial charge in [0.1, 0.15) is 0 Å². The Bertz CT molecular complexity index is 1130. The third kappa shape index (κ3) is 2.93. The predicted octanol–water partition coefficient (Wildman–Crippen LogP) is 0.0329. The monoisotopic (exact) mass is 530 g/mol. The Balaban J connectivity index is 0.00000102.